The molecule has 0 aromatic carbocycles. The Labute approximate surface area is 84.1 Å². The molecule has 0 bridgehead atoms. The van der Waals surface area contributed by atoms with Gasteiger partial charge in [0.25, 0.3) is 0 Å². The van der Waals surface area contributed by atoms with E-state index in [0.717, 1.165) is 12.5 Å². The van der Waals surface area contributed by atoms with Gasteiger partial charge in [0.05, 0.1) is 0 Å². The van der Waals surface area contributed by atoms with E-state index in [4.69, 9.17) is 5.73 Å². The van der Waals surface area contributed by atoms with E-state index in [1.165, 1.54) is 19.3 Å². The van der Waals surface area contributed by atoms with Gasteiger partial charge >= 0.3 is 0 Å². The number of hydrogen-bond donors (Lipinski definition) is 1. The molecule has 0 saturated carbocycles. The van der Waals surface area contributed by atoms with Crippen molar-refractivity contribution < 1.29 is 0 Å². The van der Waals surface area contributed by atoms with E-state index in [9.17, 15) is 0 Å². The van der Waals surface area contributed by atoms with Crippen molar-refractivity contribution in [3.05, 3.63) is 0 Å². The maximum atomic E-state index is 5.84. The maximum Gasteiger partial charge on any atom is -0.00437 e. The first-order valence-corrected chi connectivity index (χ1v) is 5.68. The zero-order valence-corrected chi connectivity index (χ0v) is 10.1. The zero-order chi connectivity index (χ0) is 10.5. The van der Waals surface area contributed by atoms with Crippen LogP contribution in [0.5, 0.6) is 0 Å². The van der Waals surface area contributed by atoms with Crippen LogP contribution >= 0.6 is 0 Å². The quantitative estimate of drug-likeness (QED) is 0.674. The second kappa shape index (κ2) is 5.64. The Kier molecular flexibility index (Phi) is 5.62. The van der Waals surface area contributed by atoms with E-state index in [2.05, 4.69) is 34.6 Å². The van der Waals surface area contributed by atoms with Gasteiger partial charge in [-0.3, -0.25) is 0 Å². The minimum atomic E-state index is 0.415. The molecule has 0 amide bonds. The van der Waals surface area contributed by atoms with Crippen LogP contribution in [0, 0.1) is 17.3 Å². The third-order valence-electron chi connectivity index (χ3n) is 3.68. The van der Waals surface area contributed by atoms with Crippen molar-refractivity contribution in [3.8, 4) is 0 Å². The molecule has 2 unspecified atom stereocenters. The van der Waals surface area contributed by atoms with Crippen LogP contribution in [0.25, 0.3) is 0 Å². The lowest BCUT2D eigenvalue weighted by molar-refractivity contribution is 0.175. The van der Waals surface area contributed by atoms with Crippen molar-refractivity contribution in [2.45, 2.75) is 53.9 Å². The predicted octanol–water partition coefficient (Wildman–Crippen LogP) is 3.43. The highest BCUT2D eigenvalue weighted by molar-refractivity contribution is 4.79. The molecule has 0 rings (SSSR count). The van der Waals surface area contributed by atoms with Crippen molar-refractivity contribution in [2.24, 2.45) is 23.0 Å². The van der Waals surface area contributed by atoms with Crippen LogP contribution < -0.4 is 5.73 Å². The lowest BCUT2D eigenvalue weighted by Gasteiger charge is -2.34. The fourth-order valence-electron chi connectivity index (χ4n) is 1.68. The highest BCUT2D eigenvalue weighted by Gasteiger charge is 2.27. The van der Waals surface area contributed by atoms with Gasteiger partial charge in [0.15, 0.2) is 0 Å². The van der Waals surface area contributed by atoms with Crippen molar-refractivity contribution in [1.29, 1.82) is 0 Å². The number of rotatable bonds is 6. The molecule has 80 valence electrons. The van der Waals surface area contributed by atoms with Crippen LogP contribution in [0.4, 0.5) is 0 Å². The Morgan fingerprint density at radius 1 is 1.23 bits per heavy atom. The van der Waals surface area contributed by atoms with Crippen molar-refractivity contribution in [1.82, 2.24) is 0 Å². The topological polar surface area (TPSA) is 26.0 Å². The summed E-state index contributed by atoms with van der Waals surface area (Å²) in [6.07, 6.45) is 3.79. The first-order valence-electron chi connectivity index (χ1n) is 5.68. The molecule has 0 heterocycles. The third-order valence-corrected chi connectivity index (χ3v) is 3.68. The van der Waals surface area contributed by atoms with Crippen molar-refractivity contribution in [3.63, 3.8) is 0 Å². The fraction of sp³-hybridized carbons (Fsp3) is 1.00. The van der Waals surface area contributed by atoms with E-state index >= 15 is 0 Å². The second-order valence-electron chi connectivity index (χ2n) is 5.02. The first-order chi connectivity index (χ1) is 5.97. The Morgan fingerprint density at radius 3 is 2.08 bits per heavy atom. The lowest BCUT2D eigenvalue weighted by Crippen LogP contribution is -2.31. The van der Waals surface area contributed by atoms with Crippen molar-refractivity contribution >= 4 is 0 Å². The van der Waals surface area contributed by atoms with Crippen molar-refractivity contribution in [2.75, 3.05) is 6.54 Å². The molecule has 0 aromatic heterocycles. The Hall–Kier alpha value is -0.0400. The molecule has 0 aliphatic heterocycles. The Balaban J connectivity index is 4.17. The lowest BCUT2D eigenvalue weighted by atomic mass is 9.72. The summed E-state index contributed by atoms with van der Waals surface area (Å²) in [6.45, 7) is 12.4. The van der Waals surface area contributed by atoms with Crippen LogP contribution in [0.2, 0.25) is 0 Å². The summed E-state index contributed by atoms with van der Waals surface area (Å²) in [5.41, 5.74) is 6.25. The summed E-state index contributed by atoms with van der Waals surface area (Å²) in [4.78, 5) is 0. The van der Waals surface area contributed by atoms with Crippen LogP contribution in [-0.2, 0) is 0 Å². The van der Waals surface area contributed by atoms with Gasteiger partial charge in [0.2, 0.25) is 0 Å². The summed E-state index contributed by atoms with van der Waals surface area (Å²) >= 11 is 0. The minimum absolute atomic E-state index is 0.415. The van der Waals surface area contributed by atoms with Gasteiger partial charge in [-0.2, -0.15) is 0 Å². The number of hydrogen-bond acceptors (Lipinski definition) is 1. The first kappa shape index (κ1) is 13.0. The molecule has 1 nitrogen and oxygen atoms in total. The summed E-state index contributed by atoms with van der Waals surface area (Å²) in [5.74, 6) is 1.51. The molecule has 13 heavy (non-hydrogen) atoms. The molecule has 0 aliphatic carbocycles. The van der Waals surface area contributed by atoms with Gasteiger partial charge in [-0.25, -0.2) is 0 Å². The zero-order valence-electron chi connectivity index (χ0n) is 10.1. The van der Waals surface area contributed by atoms with E-state index in [-0.39, 0.29) is 0 Å². The summed E-state index contributed by atoms with van der Waals surface area (Å²) < 4.78 is 0. The van der Waals surface area contributed by atoms with Gasteiger partial charge < -0.3 is 5.73 Å². The average Bonchev–Trinajstić information content (AvgIpc) is 2.13. The van der Waals surface area contributed by atoms with Crippen LogP contribution in [0.3, 0.4) is 0 Å². The molecule has 2 N–H and O–H groups in total. The smallest absolute Gasteiger partial charge is 0.00437 e. The standard InChI is InChI=1S/C12H27N/c1-6-10(3)8-11(9-13)12(4,5)7-2/h10-11H,6-9,13H2,1-5H3. The van der Waals surface area contributed by atoms with E-state index in [1.54, 1.807) is 0 Å². The summed E-state index contributed by atoms with van der Waals surface area (Å²) in [5, 5.41) is 0. The monoisotopic (exact) mass is 185 g/mol. The molecule has 0 aliphatic rings. The Morgan fingerprint density at radius 2 is 1.77 bits per heavy atom. The van der Waals surface area contributed by atoms with Gasteiger partial charge in [0, 0.05) is 0 Å². The molecule has 0 radical (unpaired) electrons. The summed E-state index contributed by atoms with van der Waals surface area (Å²) in [6, 6.07) is 0. The van der Waals surface area contributed by atoms with Gasteiger partial charge in [-0.05, 0) is 30.2 Å². The largest absolute Gasteiger partial charge is 0.330 e. The fourth-order valence-corrected chi connectivity index (χ4v) is 1.68. The average molecular weight is 185 g/mol. The molecule has 0 fully saturated rings. The predicted molar refractivity (Wildman–Crippen MR) is 60.7 cm³/mol. The molecular formula is C12H27N. The molecule has 0 spiro atoms. The van der Waals surface area contributed by atoms with E-state index < -0.39 is 0 Å². The second-order valence-corrected chi connectivity index (χ2v) is 5.02. The van der Waals surface area contributed by atoms with Crippen LogP contribution in [0.1, 0.15) is 53.9 Å². The van der Waals surface area contributed by atoms with Crippen LogP contribution in [0.15, 0.2) is 0 Å². The van der Waals surface area contributed by atoms with Gasteiger partial charge in [-0.15, -0.1) is 0 Å². The Bertz CT molecular complexity index is 129. The highest BCUT2D eigenvalue weighted by Crippen LogP contribution is 2.34. The molecule has 2 atom stereocenters. The highest BCUT2D eigenvalue weighted by atomic mass is 14.6. The van der Waals surface area contributed by atoms with Gasteiger partial charge in [0.1, 0.15) is 0 Å². The minimum Gasteiger partial charge on any atom is -0.330 e. The maximum absolute atomic E-state index is 5.84. The molecular weight excluding hydrogens is 158 g/mol. The summed E-state index contributed by atoms with van der Waals surface area (Å²) in [7, 11) is 0. The van der Waals surface area contributed by atoms with E-state index in [1.807, 2.05) is 0 Å². The SMILES string of the molecule is CCC(C)CC(CN)C(C)(C)CC. The normalized spacial score (nSPS) is 17.1. The van der Waals surface area contributed by atoms with Crippen LogP contribution in [-0.4, -0.2) is 6.54 Å². The molecule has 0 saturated heterocycles. The third kappa shape index (κ3) is 4.12. The van der Waals surface area contributed by atoms with Gasteiger partial charge in [-0.1, -0.05) is 47.5 Å². The molecule has 0 aromatic rings. The molecule has 1 heteroatoms. The number of nitrogens with two attached hydrogens (primary N) is 1. The van der Waals surface area contributed by atoms with E-state index in [0.29, 0.717) is 11.3 Å².